The molecular formula is C9H17F2N. The highest BCUT2D eigenvalue weighted by molar-refractivity contribution is 5.04. The Kier molecular flexibility index (Phi) is 2.43. The van der Waals surface area contributed by atoms with Crippen molar-refractivity contribution in [3.8, 4) is 0 Å². The van der Waals surface area contributed by atoms with E-state index in [1.165, 1.54) is 0 Å². The van der Waals surface area contributed by atoms with Gasteiger partial charge in [0.05, 0.1) is 6.04 Å². The van der Waals surface area contributed by atoms with Crippen molar-refractivity contribution in [2.24, 2.45) is 0 Å². The molecule has 12 heavy (non-hydrogen) atoms. The molecule has 0 unspecified atom stereocenters. The van der Waals surface area contributed by atoms with Crippen molar-refractivity contribution < 1.29 is 8.78 Å². The van der Waals surface area contributed by atoms with E-state index in [1.54, 1.807) is 0 Å². The summed E-state index contributed by atoms with van der Waals surface area (Å²) in [6, 6.07) is -0.0794. The normalized spacial score (nSPS) is 27.2. The molecule has 0 aliphatic heterocycles. The molecule has 1 atom stereocenters. The first kappa shape index (κ1) is 9.90. The van der Waals surface area contributed by atoms with Crippen LogP contribution in [0.5, 0.6) is 0 Å². The lowest BCUT2D eigenvalue weighted by molar-refractivity contribution is 0.0477. The van der Waals surface area contributed by atoms with Crippen molar-refractivity contribution >= 4 is 0 Å². The third kappa shape index (κ3) is 1.76. The second kappa shape index (κ2) is 2.95. The first-order chi connectivity index (χ1) is 5.36. The number of nitrogens with zero attached hydrogens (tertiary/aromatic N) is 1. The number of alkyl halides is 2. The van der Waals surface area contributed by atoms with Gasteiger partial charge in [0.15, 0.2) is 0 Å². The summed E-state index contributed by atoms with van der Waals surface area (Å²) in [5.41, 5.74) is 0. The van der Waals surface area contributed by atoms with E-state index >= 15 is 0 Å². The van der Waals surface area contributed by atoms with E-state index in [9.17, 15) is 8.78 Å². The topological polar surface area (TPSA) is 3.24 Å². The standard InChI is InChI=1S/C9H17F2N/c1-6(2)12(7(3)4)8-5-9(8,10)11/h6-8H,5H2,1-4H3/t8-/m0/s1. The molecule has 3 heteroatoms. The molecule has 1 saturated carbocycles. The number of halogens is 2. The average Bonchev–Trinajstić information content (AvgIpc) is 2.37. The summed E-state index contributed by atoms with van der Waals surface area (Å²) in [6.07, 6.45) is 0.0450. The van der Waals surface area contributed by atoms with Crippen LogP contribution in [0.1, 0.15) is 34.1 Å². The molecule has 72 valence electrons. The fourth-order valence-electron chi connectivity index (χ4n) is 1.84. The molecule has 1 fully saturated rings. The van der Waals surface area contributed by atoms with Gasteiger partial charge >= 0.3 is 0 Å². The second-order valence-electron chi connectivity index (χ2n) is 4.12. The summed E-state index contributed by atoms with van der Waals surface area (Å²) >= 11 is 0. The zero-order valence-electron chi connectivity index (χ0n) is 8.14. The van der Waals surface area contributed by atoms with Crippen LogP contribution in [0, 0.1) is 0 Å². The Morgan fingerprint density at radius 3 is 1.58 bits per heavy atom. The Morgan fingerprint density at radius 2 is 1.50 bits per heavy atom. The fraction of sp³-hybridized carbons (Fsp3) is 1.00. The first-order valence-electron chi connectivity index (χ1n) is 4.51. The van der Waals surface area contributed by atoms with E-state index in [4.69, 9.17) is 0 Å². The highest BCUT2D eigenvalue weighted by Gasteiger charge is 2.60. The quantitative estimate of drug-likeness (QED) is 0.640. The maximum absolute atomic E-state index is 12.7. The summed E-state index contributed by atoms with van der Waals surface area (Å²) in [5, 5.41) is 0. The second-order valence-corrected chi connectivity index (χ2v) is 4.12. The molecule has 0 amide bonds. The van der Waals surface area contributed by atoms with Crippen LogP contribution in [0.25, 0.3) is 0 Å². The van der Waals surface area contributed by atoms with Gasteiger partial charge in [-0.05, 0) is 27.7 Å². The first-order valence-corrected chi connectivity index (χ1v) is 4.51. The highest BCUT2D eigenvalue weighted by atomic mass is 19.3. The van der Waals surface area contributed by atoms with Crippen LogP contribution >= 0.6 is 0 Å². The maximum Gasteiger partial charge on any atom is 0.265 e. The van der Waals surface area contributed by atoms with Crippen molar-refractivity contribution in [1.82, 2.24) is 4.90 Å². The van der Waals surface area contributed by atoms with Crippen molar-refractivity contribution in [2.45, 2.75) is 58.2 Å². The molecule has 1 rings (SSSR count). The third-order valence-electron chi connectivity index (χ3n) is 2.35. The van der Waals surface area contributed by atoms with E-state index in [2.05, 4.69) is 0 Å². The van der Waals surface area contributed by atoms with Crippen LogP contribution in [0.2, 0.25) is 0 Å². The molecule has 0 saturated heterocycles. The van der Waals surface area contributed by atoms with Crippen LogP contribution in [0.4, 0.5) is 8.78 Å². The van der Waals surface area contributed by atoms with Gasteiger partial charge in [-0.25, -0.2) is 8.78 Å². The molecule has 1 nitrogen and oxygen atoms in total. The molecule has 0 radical (unpaired) electrons. The lowest BCUT2D eigenvalue weighted by Gasteiger charge is -2.30. The summed E-state index contributed by atoms with van der Waals surface area (Å²) in [6.45, 7) is 7.87. The van der Waals surface area contributed by atoms with Crippen LogP contribution in [-0.4, -0.2) is 28.9 Å². The van der Waals surface area contributed by atoms with Crippen molar-refractivity contribution in [1.29, 1.82) is 0 Å². The molecule has 1 aliphatic rings. The summed E-state index contributed by atoms with van der Waals surface area (Å²) in [5.74, 6) is -2.42. The van der Waals surface area contributed by atoms with Gasteiger partial charge in [-0.1, -0.05) is 0 Å². The Labute approximate surface area is 72.7 Å². The minimum atomic E-state index is -2.42. The summed E-state index contributed by atoms with van der Waals surface area (Å²) in [4.78, 5) is 1.89. The van der Waals surface area contributed by atoms with Gasteiger partial charge in [-0.3, -0.25) is 4.90 Å². The van der Waals surface area contributed by atoms with Gasteiger partial charge in [0.1, 0.15) is 0 Å². The number of hydrogen-bond acceptors (Lipinski definition) is 1. The highest BCUT2D eigenvalue weighted by Crippen LogP contribution is 2.47. The van der Waals surface area contributed by atoms with E-state index in [0.29, 0.717) is 0 Å². The molecular weight excluding hydrogens is 160 g/mol. The van der Waals surface area contributed by atoms with Crippen LogP contribution in [0.3, 0.4) is 0 Å². The van der Waals surface area contributed by atoms with Crippen LogP contribution in [0.15, 0.2) is 0 Å². The fourth-order valence-corrected chi connectivity index (χ4v) is 1.84. The lowest BCUT2D eigenvalue weighted by atomic mass is 10.2. The van der Waals surface area contributed by atoms with Gasteiger partial charge in [0.25, 0.3) is 5.92 Å². The Bertz CT molecular complexity index is 158. The average molecular weight is 177 g/mol. The molecule has 1 aliphatic carbocycles. The molecule has 0 spiro atoms. The van der Waals surface area contributed by atoms with Crippen molar-refractivity contribution in [3.63, 3.8) is 0 Å². The molecule has 0 heterocycles. The maximum atomic E-state index is 12.7. The molecule has 0 aromatic heterocycles. The Hall–Kier alpha value is -0.180. The largest absolute Gasteiger partial charge is 0.290 e. The van der Waals surface area contributed by atoms with Gasteiger partial charge in [0.2, 0.25) is 0 Å². The SMILES string of the molecule is CC(C)N(C(C)C)[C@H]1CC1(F)F. The molecule has 0 bridgehead atoms. The third-order valence-corrected chi connectivity index (χ3v) is 2.35. The van der Waals surface area contributed by atoms with Gasteiger partial charge in [-0.2, -0.15) is 0 Å². The Balaban J connectivity index is 2.58. The summed E-state index contributed by atoms with van der Waals surface area (Å²) in [7, 11) is 0. The van der Waals surface area contributed by atoms with Crippen LogP contribution < -0.4 is 0 Å². The van der Waals surface area contributed by atoms with Gasteiger partial charge < -0.3 is 0 Å². The van der Waals surface area contributed by atoms with Gasteiger partial charge in [-0.15, -0.1) is 0 Å². The van der Waals surface area contributed by atoms with Crippen molar-refractivity contribution in [2.75, 3.05) is 0 Å². The Morgan fingerprint density at radius 1 is 1.17 bits per heavy atom. The summed E-state index contributed by atoms with van der Waals surface area (Å²) < 4.78 is 25.5. The van der Waals surface area contributed by atoms with Crippen LogP contribution in [-0.2, 0) is 0 Å². The predicted molar refractivity (Wildman–Crippen MR) is 45.5 cm³/mol. The monoisotopic (exact) mass is 177 g/mol. The van der Waals surface area contributed by atoms with E-state index < -0.39 is 12.0 Å². The molecule has 0 aromatic carbocycles. The molecule has 0 aromatic rings. The zero-order valence-corrected chi connectivity index (χ0v) is 8.14. The van der Waals surface area contributed by atoms with E-state index in [-0.39, 0.29) is 18.5 Å². The number of hydrogen-bond donors (Lipinski definition) is 0. The number of rotatable bonds is 3. The minimum absolute atomic E-state index is 0.0450. The van der Waals surface area contributed by atoms with E-state index in [1.807, 2.05) is 32.6 Å². The predicted octanol–water partition coefficient (Wildman–Crippen LogP) is 2.51. The van der Waals surface area contributed by atoms with E-state index in [0.717, 1.165) is 0 Å². The zero-order chi connectivity index (χ0) is 9.52. The lowest BCUT2D eigenvalue weighted by Crippen LogP contribution is -2.41. The minimum Gasteiger partial charge on any atom is -0.290 e. The van der Waals surface area contributed by atoms with Gasteiger partial charge in [0, 0.05) is 18.5 Å². The van der Waals surface area contributed by atoms with Crippen molar-refractivity contribution in [3.05, 3.63) is 0 Å². The smallest absolute Gasteiger partial charge is 0.265 e. The molecule has 0 N–H and O–H groups in total.